The van der Waals surface area contributed by atoms with Crippen LogP contribution in [0.15, 0.2) is 54.6 Å². The van der Waals surface area contributed by atoms with Crippen molar-refractivity contribution in [3.63, 3.8) is 0 Å². The molecule has 1 unspecified atom stereocenters. The number of hydrogen-bond donors (Lipinski definition) is 1. The van der Waals surface area contributed by atoms with E-state index in [-0.39, 0.29) is 11.8 Å². The number of carbonyl (C=O) groups excluding carboxylic acids is 1. The normalized spacial score (nSPS) is 20.8. The minimum absolute atomic E-state index is 0.116. The Morgan fingerprint density at radius 3 is 2.54 bits per heavy atom. The monoisotopic (exact) mass is 352 g/mol. The molecule has 3 atom stereocenters. The second-order valence-corrected chi connectivity index (χ2v) is 7.16. The summed E-state index contributed by atoms with van der Waals surface area (Å²) < 4.78 is 5.44. The molecule has 1 fully saturated rings. The first-order valence-electron chi connectivity index (χ1n) is 9.29. The van der Waals surface area contributed by atoms with Gasteiger partial charge >= 0.3 is 0 Å². The molecule has 0 aliphatic carbocycles. The molecule has 3 rings (SSSR count). The van der Waals surface area contributed by atoms with Gasteiger partial charge in [0.15, 0.2) is 0 Å². The number of amides is 1. The molecule has 26 heavy (non-hydrogen) atoms. The van der Waals surface area contributed by atoms with Crippen LogP contribution >= 0.6 is 0 Å². The number of nitrogens with two attached hydrogens (primary N) is 1. The second-order valence-electron chi connectivity index (χ2n) is 7.16. The number of hydrogen-bond acceptors (Lipinski definition) is 3. The summed E-state index contributed by atoms with van der Waals surface area (Å²) in [6.45, 7) is 4.18. The van der Waals surface area contributed by atoms with Crippen LogP contribution in [0.4, 0.5) is 0 Å². The fourth-order valence-electron chi connectivity index (χ4n) is 3.97. The predicted molar refractivity (Wildman–Crippen MR) is 104 cm³/mol. The van der Waals surface area contributed by atoms with Crippen LogP contribution in [-0.2, 0) is 4.79 Å². The molecule has 1 aliphatic heterocycles. The Labute approximate surface area is 156 Å². The molecule has 1 amide bonds. The Bertz CT molecular complexity index is 732. The van der Waals surface area contributed by atoms with Crippen molar-refractivity contribution < 1.29 is 9.53 Å². The molecule has 0 aromatic heterocycles. The molecule has 1 aliphatic rings. The smallest absolute Gasteiger partial charge is 0.223 e. The lowest BCUT2D eigenvalue weighted by Gasteiger charge is -2.20. The highest BCUT2D eigenvalue weighted by molar-refractivity contribution is 5.77. The first kappa shape index (κ1) is 18.5. The molecule has 2 aromatic rings. The topological polar surface area (TPSA) is 55.6 Å². The van der Waals surface area contributed by atoms with Crippen molar-refractivity contribution in [1.82, 2.24) is 4.90 Å². The fourth-order valence-corrected chi connectivity index (χ4v) is 3.97. The molecule has 0 spiro atoms. The van der Waals surface area contributed by atoms with Crippen molar-refractivity contribution >= 4 is 5.91 Å². The first-order chi connectivity index (χ1) is 12.6. The summed E-state index contributed by atoms with van der Waals surface area (Å²) >= 11 is 0. The van der Waals surface area contributed by atoms with Crippen LogP contribution in [0.2, 0.25) is 0 Å². The maximum absolute atomic E-state index is 12.9. The van der Waals surface area contributed by atoms with Gasteiger partial charge in [0, 0.05) is 25.4 Å². The summed E-state index contributed by atoms with van der Waals surface area (Å²) in [5.41, 5.74) is 8.35. The van der Waals surface area contributed by atoms with Crippen molar-refractivity contribution in [3.8, 4) is 5.75 Å². The molecule has 0 saturated carbocycles. The van der Waals surface area contributed by atoms with Gasteiger partial charge in [-0.15, -0.1) is 0 Å². The SMILES string of the molecule is COc1ccccc1C(C)CC(=O)N1C[C@@H](CN)[C@H](c2ccccc2)C1. The summed E-state index contributed by atoms with van der Waals surface area (Å²) in [7, 11) is 1.67. The molecule has 1 heterocycles. The van der Waals surface area contributed by atoms with Gasteiger partial charge < -0.3 is 15.4 Å². The number of methoxy groups -OCH3 is 1. The molecule has 138 valence electrons. The van der Waals surface area contributed by atoms with Crippen LogP contribution < -0.4 is 10.5 Å². The molecule has 4 heteroatoms. The summed E-state index contributed by atoms with van der Waals surface area (Å²) in [6, 6.07) is 18.3. The van der Waals surface area contributed by atoms with E-state index in [9.17, 15) is 4.79 Å². The van der Waals surface area contributed by atoms with E-state index in [2.05, 4.69) is 31.2 Å². The predicted octanol–water partition coefficient (Wildman–Crippen LogP) is 3.39. The Kier molecular flexibility index (Phi) is 5.94. The number of ether oxygens (including phenoxy) is 1. The number of nitrogens with zero attached hydrogens (tertiary/aromatic N) is 1. The van der Waals surface area contributed by atoms with Gasteiger partial charge in [-0.3, -0.25) is 4.79 Å². The first-order valence-corrected chi connectivity index (χ1v) is 9.29. The highest BCUT2D eigenvalue weighted by atomic mass is 16.5. The summed E-state index contributed by atoms with van der Waals surface area (Å²) in [4.78, 5) is 14.9. The van der Waals surface area contributed by atoms with E-state index in [0.29, 0.717) is 24.8 Å². The lowest BCUT2D eigenvalue weighted by atomic mass is 9.89. The Morgan fingerprint density at radius 2 is 1.85 bits per heavy atom. The van der Waals surface area contributed by atoms with Crippen LogP contribution in [-0.4, -0.2) is 37.6 Å². The lowest BCUT2D eigenvalue weighted by Crippen LogP contribution is -2.30. The zero-order valence-corrected chi connectivity index (χ0v) is 15.6. The average molecular weight is 352 g/mol. The summed E-state index contributed by atoms with van der Waals surface area (Å²) in [5, 5.41) is 0. The van der Waals surface area contributed by atoms with Crippen molar-refractivity contribution in [1.29, 1.82) is 0 Å². The van der Waals surface area contributed by atoms with E-state index >= 15 is 0 Å². The zero-order valence-electron chi connectivity index (χ0n) is 15.6. The number of benzene rings is 2. The Hall–Kier alpha value is -2.33. The van der Waals surface area contributed by atoms with Crippen LogP contribution in [0.5, 0.6) is 5.75 Å². The number of likely N-dealkylation sites (tertiary alicyclic amines) is 1. The maximum atomic E-state index is 12.9. The van der Waals surface area contributed by atoms with Gasteiger partial charge in [0.25, 0.3) is 0 Å². The van der Waals surface area contributed by atoms with E-state index in [1.807, 2.05) is 35.2 Å². The Balaban J connectivity index is 1.68. The van der Waals surface area contributed by atoms with E-state index in [4.69, 9.17) is 10.5 Å². The van der Waals surface area contributed by atoms with E-state index < -0.39 is 0 Å². The zero-order chi connectivity index (χ0) is 18.5. The van der Waals surface area contributed by atoms with Gasteiger partial charge in [0.1, 0.15) is 5.75 Å². The standard InChI is InChI=1S/C22H28N2O2/c1-16(19-10-6-7-11-21(19)26-2)12-22(25)24-14-18(13-23)20(15-24)17-8-4-3-5-9-17/h3-11,16,18,20H,12-15,23H2,1-2H3/t16?,18-,20+/m1/s1. The van der Waals surface area contributed by atoms with Crippen molar-refractivity contribution in [2.24, 2.45) is 11.7 Å². The second kappa shape index (κ2) is 8.37. The van der Waals surface area contributed by atoms with E-state index in [0.717, 1.165) is 24.4 Å². The van der Waals surface area contributed by atoms with Gasteiger partial charge in [-0.05, 0) is 35.6 Å². The minimum Gasteiger partial charge on any atom is -0.496 e. The third-order valence-electron chi connectivity index (χ3n) is 5.47. The van der Waals surface area contributed by atoms with Crippen LogP contribution in [0.25, 0.3) is 0 Å². The number of rotatable bonds is 6. The van der Waals surface area contributed by atoms with E-state index in [1.54, 1.807) is 7.11 Å². The minimum atomic E-state index is 0.116. The third kappa shape index (κ3) is 3.91. The van der Waals surface area contributed by atoms with Gasteiger partial charge in [-0.2, -0.15) is 0 Å². The molecular formula is C22H28N2O2. The van der Waals surface area contributed by atoms with E-state index in [1.165, 1.54) is 5.56 Å². The highest BCUT2D eigenvalue weighted by Crippen LogP contribution is 2.34. The molecule has 0 bridgehead atoms. The molecule has 4 nitrogen and oxygen atoms in total. The van der Waals surface area contributed by atoms with Crippen molar-refractivity contribution in [3.05, 3.63) is 65.7 Å². The summed E-state index contributed by atoms with van der Waals surface area (Å²) in [5.74, 6) is 1.80. The van der Waals surface area contributed by atoms with Gasteiger partial charge in [0.2, 0.25) is 5.91 Å². The quantitative estimate of drug-likeness (QED) is 0.867. The molecule has 2 N–H and O–H groups in total. The fraction of sp³-hybridized carbons (Fsp3) is 0.409. The third-order valence-corrected chi connectivity index (χ3v) is 5.47. The van der Waals surface area contributed by atoms with Gasteiger partial charge in [-0.25, -0.2) is 0 Å². The van der Waals surface area contributed by atoms with Crippen LogP contribution in [0.3, 0.4) is 0 Å². The largest absolute Gasteiger partial charge is 0.496 e. The number of carbonyl (C=O) groups is 1. The van der Waals surface area contributed by atoms with Crippen molar-refractivity contribution in [2.45, 2.75) is 25.2 Å². The van der Waals surface area contributed by atoms with Crippen molar-refractivity contribution in [2.75, 3.05) is 26.7 Å². The summed E-state index contributed by atoms with van der Waals surface area (Å²) in [6.07, 6.45) is 0.485. The van der Waals surface area contributed by atoms with Gasteiger partial charge in [0.05, 0.1) is 7.11 Å². The average Bonchev–Trinajstić information content (AvgIpc) is 3.13. The number of para-hydroxylation sites is 1. The lowest BCUT2D eigenvalue weighted by molar-refractivity contribution is -0.130. The molecular weight excluding hydrogens is 324 g/mol. The molecule has 2 aromatic carbocycles. The van der Waals surface area contributed by atoms with Crippen LogP contribution in [0, 0.1) is 5.92 Å². The highest BCUT2D eigenvalue weighted by Gasteiger charge is 2.35. The maximum Gasteiger partial charge on any atom is 0.223 e. The Morgan fingerprint density at radius 1 is 1.15 bits per heavy atom. The molecule has 1 saturated heterocycles. The molecule has 0 radical (unpaired) electrons. The van der Waals surface area contributed by atoms with Crippen LogP contribution in [0.1, 0.15) is 36.3 Å². The van der Waals surface area contributed by atoms with Gasteiger partial charge in [-0.1, -0.05) is 55.5 Å².